The molecule has 1 saturated carbocycles. The van der Waals surface area contributed by atoms with Gasteiger partial charge < -0.3 is 14.8 Å². The fraction of sp³-hybridized carbons (Fsp3) is 1.00. The van der Waals surface area contributed by atoms with E-state index in [2.05, 4.69) is 26.1 Å². The normalized spacial score (nSPS) is 29.5. The maximum atomic E-state index is 6.12. The van der Waals surface area contributed by atoms with E-state index in [1.807, 2.05) is 7.05 Å². The van der Waals surface area contributed by atoms with E-state index < -0.39 is 0 Å². The Bertz CT molecular complexity index is 227. The summed E-state index contributed by atoms with van der Waals surface area (Å²) in [5.74, 6) is 0.827. The molecule has 3 nitrogen and oxygen atoms in total. The van der Waals surface area contributed by atoms with Crippen LogP contribution in [0.1, 0.15) is 46.5 Å². The molecule has 0 saturated heterocycles. The first kappa shape index (κ1) is 15.9. The lowest BCUT2D eigenvalue weighted by Crippen LogP contribution is -2.47. The first-order valence-electron chi connectivity index (χ1n) is 7.21. The van der Waals surface area contributed by atoms with Crippen molar-refractivity contribution in [1.29, 1.82) is 0 Å². The quantitative estimate of drug-likeness (QED) is 0.742. The molecular weight excluding hydrogens is 226 g/mol. The average molecular weight is 257 g/mol. The number of hydrogen-bond donors (Lipinski definition) is 1. The molecule has 0 aromatic heterocycles. The zero-order valence-electron chi connectivity index (χ0n) is 12.8. The van der Waals surface area contributed by atoms with Crippen LogP contribution in [0.3, 0.4) is 0 Å². The van der Waals surface area contributed by atoms with E-state index >= 15 is 0 Å². The molecule has 1 rings (SSSR count). The molecule has 1 aliphatic carbocycles. The summed E-state index contributed by atoms with van der Waals surface area (Å²) in [5, 5.41) is 3.29. The van der Waals surface area contributed by atoms with Crippen LogP contribution >= 0.6 is 0 Å². The molecule has 0 bridgehead atoms. The molecule has 0 aliphatic heterocycles. The Kier molecular flexibility index (Phi) is 6.09. The molecule has 1 aliphatic rings. The maximum absolute atomic E-state index is 6.12. The van der Waals surface area contributed by atoms with E-state index in [1.165, 1.54) is 25.7 Å². The van der Waals surface area contributed by atoms with Crippen LogP contribution in [0.5, 0.6) is 0 Å². The highest BCUT2D eigenvalue weighted by Crippen LogP contribution is 2.42. The zero-order valence-corrected chi connectivity index (χ0v) is 12.8. The number of rotatable bonds is 6. The molecule has 108 valence electrons. The van der Waals surface area contributed by atoms with Crippen LogP contribution in [0, 0.1) is 11.3 Å². The molecule has 18 heavy (non-hydrogen) atoms. The van der Waals surface area contributed by atoms with E-state index in [4.69, 9.17) is 9.47 Å². The van der Waals surface area contributed by atoms with E-state index in [-0.39, 0.29) is 5.60 Å². The summed E-state index contributed by atoms with van der Waals surface area (Å²) in [5.41, 5.74) is 0.466. The van der Waals surface area contributed by atoms with Crippen LogP contribution < -0.4 is 5.32 Å². The van der Waals surface area contributed by atoms with Crippen LogP contribution in [-0.4, -0.2) is 39.5 Å². The summed E-state index contributed by atoms with van der Waals surface area (Å²) < 4.78 is 11.2. The van der Waals surface area contributed by atoms with Crippen molar-refractivity contribution in [1.82, 2.24) is 5.32 Å². The largest absolute Gasteiger partial charge is 0.382 e. The molecule has 0 atom stereocenters. The van der Waals surface area contributed by atoms with Gasteiger partial charge in [-0.2, -0.15) is 0 Å². The predicted molar refractivity (Wildman–Crippen MR) is 75.9 cm³/mol. The van der Waals surface area contributed by atoms with Crippen LogP contribution in [-0.2, 0) is 9.47 Å². The lowest BCUT2D eigenvalue weighted by molar-refractivity contribution is -0.0950. The molecule has 0 unspecified atom stereocenters. The summed E-state index contributed by atoms with van der Waals surface area (Å²) in [6, 6.07) is 0. The molecule has 0 aromatic carbocycles. The first-order valence-corrected chi connectivity index (χ1v) is 7.21. The zero-order chi connectivity index (χ0) is 13.6. The second-order valence-electron chi connectivity index (χ2n) is 6.69. The Hall–Kier alpha value is -0.120. The smallest absolute Gasteiger partial charge is 0.0807 e. The first-order chi connectivity index (χ1) is 8.43. The van der Waals surface area contributed by atoms with Gasteiger partial charge >= 0.3 is 0 Å². The molecule has 1 N–H and O–H groups in total. The van der Waals surface area contributed by atoms with Gasteiger partial charge in [0.1, 0.15) is 0 Å². The Labute approximate surface area is 113 Å². The van der Waals surface area contributed by atoms with Crippen LogP contribution in [0.25, 0.3) is 0 Å². The highest BCUT2D eigenvalue weighted by atomic mass is 16.5. The third-order valence-corrected chi connectivity index (χ3v) is 4.32. The van der Waals surface area contributed by atoms with E-state index in [1.54, 1.807) is 7.11 Å². The Morgan fingerprint density at radius 3 is 2.22 bits per heavy atom. The lowest BCUT2D eigenvalue weighted by Gasteiger charge is -2.44. The SMILES string of the molecule is CNCC1(OCCOC)CCC(C(C)(C)C)CC1. The van der Waals surface area contributed by atoms with Gasteiger partial charge in [-0.3, -0.25) is 0 Å². The third-order valence-electron chi connectivity index (χ3n) is 4.32. The second-order valence-corrected chi connectivity index (χ2v) is 6.69. The highest BCUT2D eigenvalue weighted by Gasteiger charge is 2.38. The number of hydrogen-bond acceptors (Lipinski definition) is 3. The van der Waals surface area contributed by atoms with Gasteiger partial charge in [0.25, 0.3) is 0 Å². The molecule has 0 aromatic rings. The molecule has 0 spiro atoms. The van der Waals surface area contributed by atoms with Crippen molar-refractivity contribution < 1.29 is 9.47 Å². The Morgan fingerprint density at radius 2 is 1.78 bits per heavy atom. The van der Waals surface area contributed by atoms with Crippen molar-refractivity contribution in [3.8, 4) is 0 Å². The number of ether oxygens (including phenoxy) is 2. The maximum Gasteiger partial charge on any atom is 0.0807 e. The molecule has 3 heteroatoms. The molecule has 0 radical (unpaired) electrons. The summed E-state index contributed by atoms with van der Waals surface area (Å²) >= 11 is 0. The van der Waals surface area contributed by atoms with Crippen molar-refractivity contribution in [3.05, 3.63) is 0 Å². The molecule has 0 amide bonds. The van der Waals surface area contributed by atoms with Gasteiger partial charge in [0.2, 0.25) is 0 Å². The minimum absolute atomic E-state index is 0.0367. The molecule has 0 heterocycles. The third kappa shape index (κ3) is 4.52. The van der Waals surface area contributed by atoms with Gasteiger partial charge in [-0.1, -0.05) is 20.8 Å². The van der Waals surface area contributed by atoms with Gasteiger partial charge in [0.15, 0.2) is 0 Å². The fourth-order valence-corrected chi connectivity index (χ4v) is 3.05. The van der Waals surface area contributed by atoms with Crippen molar-refractivity contribution in [2.75, 3.05) is 33.9 Å². The monoisotopic (exact) mass is 257 g/mol. The summed E-state index contributed by atoms with van der Waals surface area (Å²) in [6.07, 6.45) is 4.88. The number of likely N-dealkylation sites (N-methyl/N-ethyl adjacent to an activating group) is 1. The fourth-order valence-electron chi connectivity index (χ4n) is 3.05. The van der Waals surface area contributed by atoms with Crippen molar-refractivity contribution in [2.24, 2.45) is 11.3 Å². The Morgan fingerprint density at radius 1 is 1.17 bits per heavy atom. The summed E-state index contributed by atoms with van der Waals surface area (Å²) in [7, 11) is 3.74. The van der Waals surface area contributed by atoms with Crippen LogP contribution in [0.2, 0.25) is 0 Å². The van der Waals surface area contributed by atoms with E-state index in [9.17, 15) is 0 Å². The topological polar surface area (TPSA) is 30.5 Å². The van der Waals surface area contributed by atoms with Crippen molar-refractivity contribution >= 4 is 0 Å². The van der Waals surface area contributed by atoms with Crippen LogP contribution in [0.4, 0.5) is 0 Å². The predicted octanol–water partition coefficient (Wildman–Crippen LogP) is 2.84. The lowest BCUT2D eigenvalue weighted by atomic mass is 9.68. The summed E-state index contributed by atoms with van der Waals surface area (Å²) in [6.45, 7) is 9.41. The van der Waals surface area contributed by atoms with Crippen molar-refractivity contribution in [3.63, 3.8) is 0 Å². The molecule has 1 fully saturated rings. The summed E-state index contributed by atoms with van der Waals surface area (Å²) in [4.78, 5) is 0. The van der Waals surface area contributed by atoms with E-state index in [0.29, 0.717) is 18.6 Å². The standard InChI is InChI=1S/C15H31NO2/c1-14(2,3)13-6-8-15(9-7-13,12-16-4)18-11-10-17-5/h13,16H,6-12H2,1-5H3. The van der Waals surface area contributed by atoms with Gasteiger partial charge in [-0.15, -0.1) is 0 Å². The molecular formula is C15H31NO2. The van der Waals surface area contributed by atoms with Gasteiger partial charge in [-0.25, -0.2) is 0 Å². The van der Waals surface area contributed by atoms with Gasteiger partial charge in [0.05, 0.1) is 18.8 Å². The average Bonchev–Trinajstić information content (AvgIpc) is 2.29. The number of methoxy groups -OCH3 is 1. The Balaban J connectivity index is 2.51. The number of nitrogens with one attached hydrogen (secondary N) is 1. The van der Waals surface area contributed by atoms with E-state index in [0.717, 1.165) is 12.5 Å². The minimum Gasteiger partial charge on any atom is -0.382 e. The van der Waals surface area contributed by atoms with Gasteiger partial charge in [-0.05, 0) is 44.1 Å². The minimum atomic E-state index is 0.0367. The van der Waals surface area contributed by atoms with Gasteiger partial charge in [0, 0.05) is 13.7 Å². The highest BCUT2D eigenvalue weighted by molar-refractivity contribution is 4.91. The van der Waals surface area contributed by atoms with Crippen molar-refractivity contribution in [2.45, 2.75) is 52.1 Å². The second kappa shape index (κ2) is 6.88. The van der Waals surface area contributed by atoms with Crippen LogP contribution in [0.15, 0.2) is 0 Å².